The minimum Gasteiger partial charge on any atom is -0.476 e. The van der Waals surface area contributed by atoms with Crippen LogP contribution in [0.2, 0.25) is 5.02 Å². The van der Waals surface area contributed by atoms with E-state index in [0.717, 1.165) is 23.6 Å². The highest BCUT2D eigenvalue weighted by atomic mass is 35.5. The van der Waals surface area contributed by atoms with Gasteiger partial charge in [0.2, 0.25) is 11.7 Å². The lowest BCUT2D eigenvalue weighted by atomic mass is 9.85. The first-order valence-corrected chi connectivity index (χ1v) is 15.5. The second-order valence-electron chi connectivity index (χ2n) is 12.2. The fraction of sp³-hybridized carbons (Fsp3) is 0.471. The standard InChI is InChI=1S/C34H40ClF2N3O5/c1-7-38(6)33(5,21(2)3)22(4)45-20-40-30(42)17-15-28(32(40)44)39-19-24-18-23(8-14-27(24)31(39)43)9-16-29(41)34(36,37)25-10-12-26(35)13-11-25/h8,10-14,18,21,28H,4,7,9,15-17,19-20H2,1-3,5-6H3. The Hall–Kier alpha value is -3.63. The summed E-state index contributed by atoms with van der Waals surface area (Å²) in [5.41, 5.74) is 0.691. The zero-order valence-corrected chi connectivity index (χ0v) is 27.1. The van der Waals surface area contributed by atoms with Gasteiger partial charge < -0.3 is 9.64 Å². The van der Waals surface area contributed by atoms with Crippen LogP contribution in [0.4, 0.5) is 8.78 Å². The van der Waals surface area contributed by atoms with Crippen LogP contribution in [0.5, 0.6) is 0 Å². The first kappa shape index (κ1) is 34.2. The van der Waals surface area contributed by atoms with Gasteiger partial charge in [0.1, 0.15) is 11.8 Å². The van der Waals surface area contributed by atoms with Gasteiger partial charge in [-0.1, -0.05) is 63.2 Å². The number of hydrogen-bond donors (Lipinski definition) is 0. The van der Waals surface area contributed by atoms with Crippen molar-refractivity contribution in [3.63, 3.8) is 0 Å². The summed E-state index contributed by atoms with van der Waals surface area (Å²) in [6.45, 7) is 12.8. The molecule has 0 aromatic heterocycles. The fourth-order valence-corrected chi connectivity index (χ4v) is 6.00. The quantitative estimate of drug-likeness (QED) is 0.198. The van der Waals surface area contributed by atoms with Gasteiger partial charge in [-0.05, 0) is 68.6 Å². The predicted molar refractivity (Wildman–Crippen MR) is 167 cm³/mol. The minimum atomic E-state index is -3.66. The van der Waals surface area contributed by atoms with E-state index in [1.165, 1.54) is 17.0 Å². The van der Waals surface area contributed by atoms with Crippen molar-refractivity contribution in [3.8, 4) is 0 Å². The van der Waals surface area contributed by atoms with Crippen LogP contribution in [0, 0.1) is 5.92 Å². The summed E-state index contributed by atoms with van der Waals surface area (Å²) in [4.78, 5) is 56.7. The summed E-state index contributed by atoms with van der Waals surface area (Å²) in [6, 6.07) is 8.96. The minimum absolute atomic E-state index is 0.0534. The Morgan fingerprint density at radius 3 is 2.44 bits per heavy atom. The third kappa shape index (κ3) is 6.67. The number of imide groups is 1. The molecule has 0 saturated carbocycles. The summed E-state index contributed by atoms with van der Waals surface area (Å²) in [6.07, 6.45) is -0.104. The molecule has 3 amide bonds. The largest absolute Gasteiger partial charge is 0.476 e. The zero-order valence-electron chi connectivity index (χ0n) is 26.4. The van der Waals surface area contributed by atoms with Crippen molar-refractivity contribution >= 4 is 35.1 Å². The van der Waals surface area contributed by atoms with E-state index in [0.29, 0.717) is 27.5 Å². The van der Waals surface area contributed by atoms with Crippen molar-refractivity contribution in [1.29, 1.82) is 0 Å². The Morgan fingerprint density at radius 2 is 1.82 bits per heavy atom. The van der Waals surface area contributed by atoms with Crippen LogP contribution < -0.4 is 0 Å². The van der Waals surface area contributed by atoms with Crippen LogP contribution in [-0.4, -0.2) is 70.1 Å². The Labute approximate surface area is 267 Å². The highest BCUT2D eigenvalue weighted by Gasteiger charge is 2.44. The molecule has 242 valence electrons. The number of alkyl halides is 2. The summed E-state index contributed by atoms with van der Waals surface area (Å²) < 4.78 is 35.4. The number of piperidine rings is 1. The van der Waals surface area contributed by atoms with E-state index in [-0.39, 0.29) is 50.3 Å². The maximum absolute atomic E-state index is 14.7. The molecule has 4 rings (SSSR count). The molecule has 2 aromatic carbocycles. The highest BCUT2D eigenvalue weighted by Crippen LogP contribution is 2.34. The lowest BCUT2D eigenvalue weighted by Crippen LogP contribution is -2.56. The Morgan fingerprint density at radius 1 is 1.16 bits per heavy atom. The molecular formula is C34H40ClF2N3O5. The van der Waals surface area contributed by atoms with E-state index < -0.39 is 41.2 Å². The van der Waals surface area contributed by atoms with E-state index in [4.69, 9.17) is 16.3 Å². The number of likely N-dealkylation sites (tertiary alicyclic amines) is 1. The van der Waals surface area contributed by atoms with Gasteiger partial charge in [0, 0.05) is 35.5 Å². The lowest BCUT2D eigenvalue weighted by molar-refractivity contribution is -0.158. The number of nitrogens with zero attached hydrogens (tertiary/aromatic N) is 3. The number of hydrogen-bond acceptors (Lipinski definition) is 6. The number of carbonyl (C=O) groups excluding carboxylic acids is 4. The first-order chi connectivity index (χ1) is 21.1. The van der Waals surface area contributed by atoms with Gasteiger partial charge in [-0.25, -0.2) is 4.90 Å². The molecule has 2 unspecified atom stereocenters. The normalized spacial score (nSPS) is 18.4. The summed E-state index contributed by atoms with van der Waals surface area (Å²) >= 11 is 5.78. The molecule has 45 heavy (non-hydrogen) atoms. The number of halogens is 3. The molecule has 0 aliphatic carbocycles. The third-order valence-electron chi connectivity index (χ3n) is 9.38. The van der Waals surface area contributed by atoms with Gasteiger partial charge in [-0.15, -0.1) is 0 Å². The van der Waals surface area contributed by atoms with Crippen molar-refractivity contribution in [1.82, 2.24) is 14.7 Å². The van der Waals surface area contributed by atoms with Crippen molar-refractivity contribution in [2.24, 2.45) is 5.92 Å². The number of carbonyl (C=O) groups is 4. The van der Waals surface area contributed by atoms with Crippen molar-refractivity contribution in [2.75, 3.05) is 20.3 Å². The van der Waals surface area contributed by atoms with E-state index >= 15 is 0 Å². The van der Waals surface area contributed by atoms with E-state index in [1.807, 2.05) is 34.7 Å². The zero-order chi connectivity index (χ0) is 33.3. The number of fused-ring (bicyclic) bond motifs is 1. The number of benzene rings is 2. The summed E-state index contributed by atoms with van der Waals surface area (Å²) in [5.74, 6) is -5.56. The number of Topliss-reactive ketones (excluding diaryl/α,β-unsaturated/α-hetero) is 1. The number of likely N-dealkylation sites (N-methyl/N-ethyl adjacent to an activating group) is 1. The Kier molecular flexibility index (Phi) is 10.2. The second kappa shape index (κ2) is 13.4. The van der Waals surface area contributed by atoms with Crippen LogP contribution in [0.1, 0.15) is 74.0 Å². The van der Waals surface area contributed by atoms with Gasteiger partial charge >= 0.3 is 5.92 Å². The lowest BCUT2D eigenvalue weighted by Gasteiger charge is -2.43. The molecule has 0 bridgehead atoms. The molecule has 2 atom stereocenters. The monoisotopic (exact) mass is 643 g/mol. The molecule has 2 aliphatic heterocycles. The number of aryl methyl sites for hydroxylation is 1. The topological polar surface area (TPSA) is 87.2 Å². The molecule has 0 spiro atoms. The fourth-order valence-electron chi connectivity index (χ4n) is 5.88. The van der Waals surface area contributed by atoms with Crippen molar-refractivity contribution < 1.29 is 32.7 Å². The van der Waals surface area contributed by atoms with Gasteiger partial charge in [0.15, 0.2) is 6.73 Å². The SMILES string of the molecule is C=C(OCN1C(=O)CCC(N2Cc3cc(CCC(=O)C(F)(F)c4ccc(Cl)cc4)ccc3C2=O)C1=O)C(C)(C(C)C)N(C)CC. The average Bonchev–Trinajstić information content (AvgIpc) is 3.33. The molecule has 1 saturated heterocycles. The number of amides is 3. The van der Waals surface area contributed by atoms with E-state index in [2.05, 4.69) is 11.5 Å². The molecule has 2 heterocycles. The van der Waals surface area contributed by atoms with Gasteiger partial charge in [0.05, 0.1) is 5.54 Å². The first-order valence-electron chi connectivity index (χ1n) is 15.1. The number of ether oxygens (including phenoxy) is 1. The van der Waals surface area contributed by atoms with Gasteiger partial charge in [-0.3, -0.25) is 24.1 Å². The summed E-state index contributed by atoms with van der Waals surface area (Å²) in [5, 5.41) is 0.293. The maximum atomic E-state index is 14.7. The molecular weight excluding hydrogens is 604 g/mol. The van der Waals surface area contributed by atoms with Crippen LogP contribution in [0.15, 0.2) is 54.8 Å². The van der Waals surface area contributed by atoms with Gasteiger partial charge in [0.25, 0.3) is 11.8 Å². The van der Waals surface area contributed by atoms with Gasteiger partial charge in [-0.2, -0.15) is 8.78 Å². The number of ketones is 1. The molecule has 0 N–H and O–H groups in total. The molecule has 11 heteroatoms. The van der Waals surface area contributed by atoms with Crippen LogP contribution in [0.3, 0.4) is 0 Å². The van der Waals surface area contributed by atoms with Crippen molar-refractivity contribution in [3.05, 3.63) is 82.1 Å². The molecule has 0 radical (unpaired) electrons. The number of rotatable bonds is 13. The van der Waals surface area contributed by atoms with Crippen LogP contribution in [0.25, 0.3) is 0 Å². The highest BCUT2D eigenvalue weighted by molar-refractivity contribution is 6.30. The average molecular weight is 644 g/mol. The molecule has 2 aromatic rings. The van der Waals surface area contributed by atoms with E-state index in [9.17, 15) is 28.0 Å². The smallest absolute Gasteiger partial charge is 0.330 e. The molecule has 2 aliphatic rings. The Bertz CT molecular complexity index is 1500. The van der Waals surface area contributed by atoms with Crippen LogP contribution in [-0.2, 0) is 38.0 Å². The Balaban J connectivity index is 1.41. The second-order valence-corrected chi connectivity index (χ2v) is 12.6. The van der Waals surface area contributed by atoms with E-state index in [1.54, 1.807) is 18.2 Å². The predicted octanol–water partition coefficient (Wildman–Crippen LogP) is 5.96. The molecule has 8 nitrogen and oxygen atoms in total. The third-order valence-corrected chi connectivity index (χ3v) is 9.64. The maximum Gasteiger partial charge on any atom is 0.330 e. The van der Waals surface area contributed by atoms with Crippen molar-refractivity contribution in [2.45, 2.75) is 77.4 Å². The molecule has 1 fully saturated rings. The van der Waals surface area contributed by atoms with Crippen LogP contribution >= 0.6 is 11.6 Å². The summed E-state index contributed by atoms with van der Waals surface area (Å²) in [7, 11) is 1.96.